The summed E-state index contributed by atoms with van der Waals surface area (Å²) < 4.78 is 0. The van der Waals surface area contributed by atoms with Crippen LogP contribution in [0, 0.1) is 0 Å². The first-order chi connectivity index (χ1) is 6.70. The Morgan fingerprint density at radius 2 is 2.36 bits per heavy atom. The average molecular weight is 210 g/mol. The molecule has 1 heterocycles. The van der Waals surface area contributed by atoms with E-state index in [1.54, 1.807) is 6.07 Å². The summed E-state index contributed by atoms with van der Waals surface area (Å²) in [7, 11) is 0. The minimum Gasteiger partial charge on any atom is -0.326 e. The summed E-state index contributed by atoms with van der Waals surface area (Å²) in [6.07, 6.45) is 1.55. The van der Waals surface area contributed by atoms with E-state index in [9.17, 15) is 4.79 Å². The number of fused-ring (bicyclic) bond motifs is 1. The molecule has 0 aliphatic carbocycles. The highest BCUT2D eigenvalue weighted by molar-refractivity contribution is 6.30. The lowest BCUT2D eigenvalue weighted by Gasteiger charge is -2.24. The van der Waals surface area contributed by atoms with Gasteiger partial charge in [-0.2, -0.15) is 0 Å². The van der Waals surface area contributed by atoms with Gasteiger partial charge < -0.3 is 5.32 Å². The summed E-state index contributed by atoms with van der Waals surface area (Å²) in [4.78, 5) is 11.3. The van der Waals surface area contributed by atoms with Crippen LogP contribution in [0.25, 0.3) is 0 Å². The van der Waals surface area contributed by atoms with Gasteiger partial charge in [0.15, 0.2) is 0 Å². The Morgan fingerprint density at radius 3 is 3.07 bits per heavy atom. The normalized spacial score (nSPS) is 20.1. The summed E-state index contributed by atoms with van der Waals surface area (Å²) in [5, 5.41) is 3.59. The Kier molecular flexibility index (Phi) is 2.46. The van der Waals surface area contributed by atoms with E-state index < -0.39 is 0 Å². The Hall–Kier alpha value is -1.02. The monoisotopic (exact) mass is 209 g/mol. The summed E-state index contributed by atoms with van der Waals surface area (Å²) in [6, 6.07) is 5.63. The second-order valence-corrected chi connectivity index (χ2v) is 4.03. The van der Waals surface area contributed by atoms with Gasteiger partial charge in [-0.25, -0.2) is 0 Å². The highest BCUT2D eigenvalue weighted by Gasteiger charge is 2.23. The predicted molar refractivity (Wildman–Crippen MR) is 57.7 cm³/mol. The summed E-state index contributed by atoms with van der Waals surface area (Å²) >= 11 is 5.92. The number of benzene rings is 1. The first-order valence-corrected chi connectivity index (χ1v) is 5.17. The van der Waals surface area contributed by atoms with Gasteiger partial charge in [0.05, 0.1) is 0 Å². The molecule has 1 N–H and O–H groups in total. The molecule has 3 heteroatoms. The third kappa shape index (κ3) is 1.62. The van der Waals surface area contributed by atoms with Crippen molar-refractivity contribution >= 4 is 23.2 Å². The molecule has 1 aliphatic heterocycles. The van der Waals surface area contributed by atoms with Gasteiger partial charge in [-0.05, 0) is 36.1 Å². The molecular weight excluding hydrogens is 198 g/mol. The van der Waals surface area contributed by atoms with Crippen LogP contribution in [0.4, 0.5) is 5.69 Å². The minimum atomic E-state index is 0.103. The van der Waals surface area contributed by atoms with E-state index in [1.165, 1.54) is 5.56 Å². The Bertz CT molecular complexity index is 376. The van der Waals surface area contributed by atoms with Crippen LogP contribution in [-0.2, 0) is 4.79 Å². The van der Waals surface area contributed by atoms with Crippen molar-refractivity contribution in [3.05, 3.63) is 28.8 Å². The Balaban J connectivity index is 2.46. The smallest absolute Gasteiger partial charge is 0.224 e. The van der Waals surface area contributed by atoms with Crippen LogP contribution < -0.4 is 5.32 Å². The molecule has 1 aromatic rings. The zero-order chi connectivity index (χ0) is 10.1. The van der Waals surface area contributed by atoms with Crippen LogP contribution in [0.5, 0.6) is 0 Å². The van der Waals surface area contributed by atoms with Crippen LogP contribution >= 0.6 is 11.6 Å². The van der Waals surface area contributed by atoms with Crippen molar-refractivity contribution in [3.63, 3.8) is 0 Å². The second-order valence-electron chi connectivity index (χ2n) is 3.59. The van der Waals surface area contributed by atoms with Gasteiger partial charge in [-0.15, -0.1) is 0 Å². The van der Waals surface area contributed by atoms with Gasteiger partial charge in [-0.1, -0.05) is 18.5 Å². The van der Waals surface area contributed by atoms with Crippen LogP contribution in [0.15, 0.2) is 18.2 Å². The van der Waals surface area contributed by atoms with E-state index in [0.717, 1.165) is 17.1 Å². The molecule has 0 radical (unpaired) electrons. The maximum atomic E-state index is 11.3. The number of carbonyl (C=O) groups is 1. The van der Waals surface area contributed by atoms with Gasteiger partial charge in [0.1, 0.15) is 0 Å². The molecular formula is C11H12ClNO. The molecule has 0 fully saturated rings. The first kappa shape index (κ1) is 9.53. The van der Waals surface area contributed by atoms with Crippen LogP contribution in [-0.4, -0.2) is 5.91 Å². The maximum Gasteiger partial charge on any atom is 0.224 e. The fourth-order valence-electron chi connectivity index (χ4n) is 1.88. The molecule has 1 amide bonds. The van der Waals surface area contributed by atoms with Gasteiger partial charge in [0.25, 0.3) is 0 Å². The van der Waals surface area contributed by atoms with Crippen molar-refractivity contribution in [2.45, 2.75) is 25.7 Å². The van der Waals surface area contributed by atoms with E-state index in [-0.39, 0.29) is 5.91 Å². The van der Waals surface area contributed by atoms with Gasteiger partial charge in [0, 0.05) is 17.1 Å². The molecule has 14 heavy (non-hydrogen) atoms. The van der Waals surface area contributed by atoms with Crippen molar-refractivity contribution in [2.75, 3.05) is 5.32 Å². The van der Waals surface area contributed by atoms with Crippen LogP contribution in [0.1, 0.15) is 31.2 Å². The molecule has 0 saturated heterocycles. The number of hydrogen-bond acceptors (Lipinski definition) is 1. The number of amides is 1. The summed E-state index contributed by atoms with van der Waals surface area (Å²) in [6.45, 7) is 2.09. The van der Waals surface area contributed by atoms with Crippen molar-refractivity contribution in [3.8, 4) is 0 Å². The largest absolute Gasteiger partial charge is 0.326 e. The van der Waals surface area contributed by atoms with Crippen molar-refractivity contribution in [1.82, 2.24) is 0 Å². The molecule has 2 rings (SSSR count). The molecule has 0 bridgehead atoms. The standard InChI is InChI=1S/C11H12ClNO/c1-2-7-5-11(14)13-10-4-3-8(12)6-9(7)10/h3-4,6-7H,2,5H2,1H3,(H,13,14). The summed E-state index contributed by atoms with van der Waals surface area (Å²) in [5.41, 5.74) is 2.08. The lowest BCUT2D eigenvalue weighted by molar-refractivity contribution is -0.116. The number of halogens is 1. The number of carbonyl (C=O) groups excluding carboxylic acids is 1. The van der Waals surface area contributed by atoms with Crippen molar-refractivity contribution in [1.29, 1.82) is 0 Å². The summed E-state index contributed by atoms with van der Waals surface area (Å²) in [5.74, 6) is 0.420. The highest BCUT2D eigenvalue weighted by atomic mass is 35.5. The van der Waals surface area contributed by atoms with Crippen LogP contribution in [0.2, 0.25) is 5.02 Å². The fraction of sp³-hybridized carbons (Fsp3) is 0.364. The predicted octanol–water partition coefficient (Wildman–Crippen LogP) is 3.18. The molecule has 0 aromatic heterocycles. The third-order valence-corrected chi connectivity index (χ3v) is 2.89. The van der Waals surface area contributed by atoms with E-state index in [1.807, 2.05) is 12.1 Å². The molecule has 74 valence electrons. The van der Waals surface area contributed by atoms with Gasteiger partial charge >= 0.3 is 0 Å². The molecule has 1 unspecified atom stereocenters. The lowest BCUT2D eigenvalue weighted by Crippen LogP contribution is -2.22. The molecule has 1 aliphatic rings. The van der Waals surface area contributed by atoms with E-state index in [0.29, 0.717) is 12.3 Å². The van der Waals surface area contributed by atoms with Gasteiger partial charge in [0.2, 0.25) is 5.91 Å². The fourth-order valence-corrected chi connectivity index (χ4v) is 2.06. The van der Waals surface area contributed by atoms with Crippen molar-refractivity contribution in [2.24, 2.45) is 0 Å². The average Bonchev–Trinajstić information content (AvgIpc) is 2.17. The number of rotatable bonds is 1. The Labute approximate surface area is 88.3 Å². The van der Waals surface area contributed by atoms with Gasteiger partial charge in [-0.3, -0.25) is 4.79 Å². The Morgan fingerprint density at radius 1 is 1.57 bits per heavy atom. The van der Waals surface area contributed by atoms with E-state index in [2.05, 4.69) is 12.2 Å². The molecule has 1 aromatic carbocycles. The highest BCUT2D eigenvalue weighted by Crippen LogP contribution is 2.35. The molecule has 0 spiro atoms. The number of hydrogen-bond donors (Lipinski definition) is 1. The van der Waals surface area contributed by atoms with E-state index >= 15 is 0 Å². The quantitative estimate of drug-likeness (QED) is 0.756. The molecule has 0 saturated carbocycles. The first-order valence-electron chi connectivity index (χ1n) is 4.80. The second kappa shape index (κ2) is 3.62. The number of anilines is 1. The van der Waals surface area contributed by atoms with Crippen LogP contribution in [0.3, 0.4) is 0 Å². The zero-order valence-corrected chi connectivity index (χ0v) is 8.77. The minimum absolute atomic E-state index is 0.103. The maximum absolute atomic E-state index is 11.3. The SMILES string of the molecule is CCC1CC(=O)Nc2ccc(Cl)cc21. The topological polar surface area (TPSA) is 29.1 Å². The number of nitrogens with one attached hydrogen (secondary N) is 1. The zero-order valence-electron chi connectivity index (χ0n) is 8.01. The molecule has 1 atom stereocenters. The molecule has 2 nitrogen and oxygen atoms in total. The third-order valence-electron chi connectivity index (χ3n) is 2.65. The lowest BCUT2D eigenvalue weighted by atomic mass is 9.89. The van der Waals surface area contributed by atoms with Crippen molar-refractivity contribution < 1.29 is 4.79 Å². The van der Waals surface area contributed by atoms with E-state index in [4.69, 9.17) is 11.6 Å².